The van der Waals surface area contributed by atoms with Crippen LogP contribution in [0.1, 0.15) is 0 Å². The minimum atomic E-state index is 0.404. The summed E-state index contributed by atoms with van der Waals surface area (Å²) in [5, 5.41) is 0. The van der Waals surface area contributed by atoms with E-state index < -0.39 is 0 Å². The summed E-state index contributed by atoms with van der Waals surface area (Å²) >= 11 is 0. The lowest BCUT2D eigenvalue weighted by Gasteiger charge is -1.98. The summed E-state index contributed by atoms with van der Waals surface area (Å²) in [7, 11) is 0. The number of nitrogens with zero attached hydrogens (tertiary/aromatic N) is 4. The highest BCUT2D eigenvalue weighted by molar-refractivity contribution is 5.81. The number of nitrogens with two attached hydrogens (primary N) is 2. The standard InChI is InChI=1S/C9H12N6/c10-3-1-2-4-15-6-14-7-8(11)12-5-13-9(7)15/h1-2,5-6H,3-4,10H2,(H2,11,12,13)/b2-1+. The van der Waals surface area contributed by atoms with Crippen molar-refractivity contribution in [3.05, 3.63) is 24.8 Å². The maximum atomic E-state index is 5.66. The lowest BCUT2D eigenvalue weighted by Crippen LogP contribution is -1.98. The molecule has 0 aliphatic heterocycles. The predicted octanol–water partition coefficient (Wildman–Crippen LogP) is -0.0766. The van der Waals surface area contributed by atoms with Gasteiger partial charge in [-0.3, -0.25) is 0 Å². The van der Waals surface area contributed by atoms with Crippen molar-refractivity contribution in [2.24, 2.45) is 5.73 Å². The zero-order valence-electron chi connectivity index (χ0n) is 8.17. The molecule has 2 aromatic rings. The fourth-order valence-electron chi connectivity index (χ4n) is 1.32. The highest BCUT2D eigenvalue weighted by Gasteiger charge is 2.05. The van der Waals surface area contributed by atoms with Crippen LogP contribution in [-0.4, -0.2) is 26.1 Å². The number of allylic oxidation sites excluding steroid dienone is 1. The third-order valence-electron chi connectivity index (χ3n) is 2.03. The Kier molecular flexibility index (Phi) is 2.59. The summed E-state index contributed by atoms with van der Waals surface area (Å²) in [6.45, 7) is 1.22. The third kappa shape index (κ3) is 1.79. The van der Waals surface area contributed by atoms with Gasteiger partial charge in [0, 0.05) is 13.1 Å². The molecule has 0 aromatic carbocycles. The molecule has 0 unspecified atom stereocenters. The highest BCUT2D eigenvalue weighted by atomic mass is 15.1. The summed E-state index contributed by atoms with van der Waals surface area (Å²) < 4.78 is 1.89. The van der Waals surface area contributed by atoms with E-state index in [0.717, 1.165) is 5.65 Å². The van der Waals surface area contributed by atoms with E-state index >= 15 is 0 Å². The Morgan fingerprint density at radius 1 is 1.27 bits per heavy atom. The fourth-order valence-corrected chi connectivity index (χ4v) is 1.32. The highest BCUT2D eigenvalue weighted by Crippen LogP contribution is 2.13. The molecular formula is C9H12N6. The predicted molar refractivity (Wildman–Crippen MR) is 57.9 cm³/mol. The lowest BCUT2D eigenvalue weighted by atomic mass is 10.4. The SMILES string of the molecule is NC/C=C/Cn1cnc2c(N)ncnc21. The van der Waals surface area contributed by atoms with Crippen molar-refractivity contribution in [3.63, 3.8) is 0 Å². The van der Waals surface area contributed by atoms with Gasteiger partial charge in [0.05, 0.1) is 6.33 Å². The molecule has 0 aliphatic rings. The monoisotopic (exact) mass is 204 g/mol. The number of imidazole rings is 1. The molecule has 2 heterocycles. The minimum Gasteiger partial charge on any atom is -0.382 e. The molecule has 0 saturated heterocycles. The van der Waals surface area contributed by atoms with Gasteiger partial charge < -0.3 is 16.0 Å². The molecule has 78 valence electrons. The van der Waals surface area contributed by atoms with Crippen molar-refractivity contribution in [2.75, 3.05) is 12.3 Å². The van der Waals surface area contributed by atoms with Gasteiger partial charge in [-0.25, -0.2) is 15.0 Å². The first kappa shape index (κ1) is 9.60. The molecule has 0 atom stereocenters. The number of hydrogen-bond acceptors (Lipinski definition) is 5. The molecule has 6 heteroatoms. The van der Waals surface area contributed by atoms with Crippen LogP contribution in [0.5, 0.6) is 0 Å². The van der Waals surface area contributed by atoms with E-state index in [1.165, 1.54) is 6.33 Å². The molecule has 0 aliphatic carbocycles. The van der Waals surface area contributed by atoms with Gasteiger partial charge in [-0.1, -0.05) is 12.2 Å². The zero-order valence-corrected chi connectivity index (χ0v) is 8.17. The van der Waals surface area contributed by atoms with Crippen LogP contribution in [-0.2, 0) is 6.54 Å². The van der Waals surface area contributed by atoms with Crippen LogP contribution in [0.25, 0.3) is 11.2 Å². The van der Waals surface area contributed by atoms with Gasteiger partial charge in [-0.15, -0.1) is 0 Å². The van der Waals surface area contributed by atoms with Crippen molar-refractivity contribution < 1.29 is 0 Å². The molecule has 0 bridgehead atoms. The Balaban J connectivity index is 2.37. The molecule has 15 heavy (non-hydrogen) atoms. The summed E-state index contributed by atoms with van der Waals surface area (Å²) in [5.41, 5.74) is 12.4. The van der Waals surface area contributed by atoms with Gasteiger partial charge >= 0.3 is 0 Å². The molecule has 2 rings (SSSR count). The van der Waals surface area contributed by atoms with Crippen LogP contribution in [0, 0.1) is 0 Å². The van der Waals surface area contributed by atoms with Crippen LogP contribution in [0.3, 0.4) is 0 Å². The largest absolute Gasteiger partial charge is 0.382 e. The Labute approximate surface area is 86.6 Å². The number of hydrogen-bond donors (Lipinski definition) is 2. The van der Waals surface area contributed by atoms with Gasteiger partial charge in [0.1, 0.15) is 11.8 Å². The van der Waals surface area contributed by atoms with Crippen molar-refractivity contribution in [2.45, 2.75) is 6.54 Å². The second kappa shape index (κ2) is 4.05. The maximum absolute atomic E-state index is 5.66. The van der Waals surface area contributed by atoms with E-state index in [-0.39, 0.29) is 0 Å². The number of aromatic nitrogens is 4. The molecule has 0 spiro atoms. The fraction of sp³-hybridized carbons (Fsp3) is 0.222. The zero-order chi connectivity index (χ0) is 10.7. The molecule has 0 radical (unpaired) electrons. The lowest BCUT2D eigenvalue weighted by molar-refractivity contribution is 0.834. The van der Waals surface area contributed by atoms with Crippen molar-refractivity contribution in [1.82, 2.24) is 19.5 Å². The first-order chi connectivity index (χ1) is 7.33. The molecule has 0 saturated carbocycles. The maximum Gasteiger partial charge on any atom is 0.165 e. The van der Waals surface area contributed by atoms with E-state index in [1.54, 1.807) is 6.33 Å². The Bertz CT molecular complexity index is 486. The smallest absolute Gasteiger partial charge is 0.165 e. The average Bonchev–Trinajstić information content (AvgIpc) is 2.64. The normalized spacial score (nSPS) is 11.5. The van der Waals surface area contributed by atoms with E-state index in [0.29, 0.717) is 24.4 Å². The van der Waals surface area contributed by atoms with E-state index in [9.17, 15) is 0 Å². The van der Waals surface area contributed by atoms with Gasteiger partial charge in [0.15, 0.2) is 11.5 Å². The van der Waals surface area contributed by atoms with Crippen LogP contribution in [0.2, 0.25) is 0 Å². The Hall–Kier alpha value is -1.95. The van der Waals surface area contributed by atoms with E-state index in [1.807, 2.05) is 16.7 Å². The Morgan fingerprint density at radius 3 is 2.93 bits per heavy atom. The molecular weight excluding hydrogens is 192 g/mol. The van der Waals surface area contributed by atoms with Gasteiger partial charge in [0.2, 0.25) is 0 Å². The second-order valence-electron chi connectivity index (χ2n) is 3.04. The van der Waals surface area contributed by atoms with Crippen LogP contribution < -0.4 is 11.5 Å². The van der Waals surface area contributed by atoms with E-state index in [2.05, 4.69) is 15.0 Å². The summed E-state index contributed by atoms with van der Waals surface area (Å²) in [4.78, 5) is 12.1. The minimum absolute atomic E-state index is 0.404. The van der Waals surface area contributed by atoms with Gasteiger partial charge in [-0.05, 0) is 0 Å². The molecule has 6 nitrogen and oxygen atoms in total. The summed E-state index contributed by atoms with van der Waals surface area (Å²) in [6, 6.07) is 0. The number of rotatable bonds is 3. The average molecular weight is 204 g/mol. The second-order valence-corrected chi connectivity index (χ2v) is 3.04. The van der Waals surface area contributed by atoms with E-state index in [4.69, 9.17) is 11.5 Å². The van der Waals surface area contributed by atoms with Crippen LogP contribution in [0.15, 0.2) is 24.8 Å². The van der Waals surface area contributed by atoms with Gasteiger partial charge in [-0.2, -0.15) is 0 Å². The van der Waals surface area contributed by atoms with Crippen molar-refractivity contribution in [3.8, 4) is 0 Å². The third-order valence-corrected chi connectivity index (χ3v) is 2.03. The van der Waals surface area contributed by atoms with Gasteiger partial charge in [0.25, 0.3) is 0 Å². The quantitative estimate of drug-likeness (QED) is 0.682. The van der Waals surface area contributed by atoms with Crippen LogP contribution >= 0.6 is 0 Å². The van der Waals surface area contributed by atoms with Crippen molar-refractivity contribution >= 4 is 17.0 Å². The molecule has 0 fully saturated rings. The molecule has 2 aromatic heterocycles. The number of nitrogen functional groups attached to an aromatic ring is 1. The van der Waals surface area contributed by atoms with Crippen LogP contribution in [0.4, 0.5) is 5.82 Å². The Morgan fingerprint density at radius 2 is 2.13 bits per heavy atom. The topological polar surface area (TPSA) is 95.6 Å². The molecule has 4 N–H and O–H groups in total. The first-order valence-electron chi connectivity index (χ1n) is 4.59. The summed E-state index contributed by atoms with van der Waals surface area (Å²) in [5.74, 6) is 0.404. The number of fused-ring (bicyclic) bond motifs is 1. The summed E-state index contributed by atoms with van der Waals surface area (Å²) in [6.07, 6.45) is 6.97. The number of anilines is 1. The molecule has 0 amide bonds. The first-order valence-corrected chi connectivity index (χ1v) is 4.59. The van der Waals surface area contributed by atoms with Crippen molar-refractivity contribution in [1.29, 1.82) is 0 Å².